The first-order valence-electron chi connectivity index (χ1n) is 10.2. The summed E-state index contributed by atoms with van der Waals surface area (Å²) in [6.07, 6.45) is 4.91. The Morgan fingerprint density at radius 1 is 1.10 bits per heavy atom. The van der Waals surface area contributed by atoms with E-state index < -0.39 is 0 Å². The van der Waals surface area contributed by atoms with Crippen LogP contribution in [0, 0.1) is 0 Å². The van der Waals surface area contributed by atoms with Crippen molar-refractivity contribution in [3.05, 3.63) is 66.1 Å². The van der Waals surface area contributed by atoms with Gasteiger partial charge in [0.05, 0.1) is 11.5 Å². The zero-order valence-electron chi connectivity index (χ0n) is 17.0. The van der Waals surface area contributed by atoms with Gasteiger partial charge in [0.15, 0.2) is 0 Å². The second-order valence-electron chi connectivity index (χ2n) is 8.04. The molecule has 0 spiro atoms. The number of aliphatic hydroxyl groups excluding tert-OH is 1. The molecular weight excluding hydrogens is 376 g/mol. The van der Waals surface area contributed by atoms with Crippen molar-refractivity contribution < 1.29 is 9.84 Å². The van der Waals surface area contributed by atoms with Gasteiger partial charge in [0, 0.05) is 17.8 Å². The highest BCUT2D eigenvalue weighted by atomic mass is 16.5. The number of nitrogen functional groups attached to an aromatic ring is 1. The third-order valence-electron chi connectivity index (χ3n) is 5.76. The van der Waals surface area contributed by atoms with Crippen LogP contribution >= 0.6 is 0 Å². The molecule has 1 aliphatic carbocycles. The van der Waals surface area contributed by atoms with Crippen LogP contribution in [0.5, 0.6) is 11.5 Å². The SMILES string of the molecule is CC(C)n1cc(-c2ccc(Oc3ccc4c(c3)CCC4O)cc2)c2c(N)ncnc21. The predicted molar refractivity (Wildman–Crippen MR) is 118 cm³/mol. The molecule has 0 fully saturated rings. The molecule has 1 aliphatic rings. The van der Waals surface area contributed by atoms with E-state index in [0.717, 1.165) is 57.6 Å². The summed E-state index contributed by atoms with van der Waals surface area (Å²) in [6, 6.07) is 14.1. The lowest BCUT2D eigenvalue weighted by molar-refractivity contribution is 0.180. The molecule has 0 bridgehead atoms. The Morgan fingerprint density at radius 3 is 2.63 bits per heavy atom. The van der Waals surface area contributed by atoms with Gasteiger partial charge in [0.1, 0.15) is 29.3 Å². The third-order valence-corrected chi connectivity index (χ3v) is 5.76. The number of anilines is 1. The molecule has 6 nitrogen and oxygen atoms in total. The van der Waals surface area contributed by atoms with Crippen LogP contribution in [-0.4, -0.2) is 19.6 Å². The van der Waals surface area contributed by atoms with Crippen LogP contribution in [0.1, 0.15) is 43.5 Å². The molecule has 4 aromatic rings. The number of hydrogen-bond acceptors (Lipinski definition) is 5. The number of aryl methyl sites for hydroxylation is 1. The Morgan fingerprint density at radius 2 is 1.87 bits per heavy atom. The number of benzene rings is 2. The predicted octanol–water partition coefficient (Wildman–Crippen LogP) is 5.03. The summed E-state index contributed by atoms with van der Waals surface area (Å²) in [5.41, 5.74) is 11.2. The maximum atomic E-state index is 9.97. The molecule has 6 heteroatoms. The summed E-state index contributed by atoms with van der Waals surface area (Å²) in [5.74, 6) is 2.02. The van der Waals surface area contributed by atoms with Gasteiger partial charge in [-0.25, -0.2) is 9.97 Å². The molecule has 0 saturated heterocycles. The van der Waals surface area contributed by atoms with E-state index in [1.165, 1.54) is 6.33 Å². The van der Waals surface area contributed by atoms with Gasteiger partial charge in [-0.1, -0.05) is 18.2 Å². The molecule has 3 N–H and O–H groups in total. The molecule has 0 radical (unpaired) electrons. The Kier molecular flexibility index (Phi) is 4.44. The molecule has 5 rings (SSSR count). The van der Waals surface area contributed by atoms with Crippen LogP contribution in [0.3, 0.4) is 0 Å². The minimum Gasteiger partial charge on any atom is -0.457 e. The number of rotatable bonds is 4. The van der Waals surface area contributed by atoms with Crippen molar-refractivity contribution in [2.24, 2.45) is 0 Å². The molecule has 0 amide bonds. The minimum absolute atomic E-state index is 0.261. The van der Waals surface area contributed by atoms with Crippen molar-refractivity contribution in [3.8, 4) is 22.6 Å². The molecule has 152 valence electrons. The van der Waals surface area contributed by atoms with Gasteiger partial charge >= 0.3 is 0 Å². The lowest BCUT2D eigenvalue weighted by Crippen LogP contribution is -2.00. The largest absolute Gasteiger partial charge is 0.457 e. The van der Waals surface area contributed by atoms with E-state index in [9.17, 15) is 5.11 Å². The van der Waals surface area contributed by atoms with E-state index in [4.69, 9.17) is 10.5 Å². The fraction of sp³-hybridized carbons (Fsp3) is 0.250. The number of nitrogens with two attached hydrogens (primary N) is 1. The topological polar surface area (TPSA) is 86.2 Å². The first kappa shape index (κ1) is 18.6. The summed E-state index contributed by atoms with van der Waals surface area (Å²) >= 11 is 0. The maximum Gasteiger partial charge on any atom is 0.146 e. The Bertz CT molecular complexity index is 1230. The van der Waals surface area contributed by atoms with Gasteiger partial charge in [0.2, 0.25) is 0 Å². The fourth-order valence-electron chi connectivity index (χ4n) is 4.19. The maximum absolute atomic E-state index is 9.97. The second kappa shape index (κ2) is 7.15. The van der Waals surface area contributed by atoms with E-state index in [-0.39, 0.29) is 12.1 Å². The van der Waals surface area contributed by atoms with E-state index >= 15 is 0 Å². The van der Waals surface area contributed by atoms with E-state index in [2.05, 4.69) is 34.6 Å². The molecule has 1 unspecified atom stereocenters. The van der Waals surface area contributed by atoms with E-state index in [1.807, 2.05) is 42.5 Å². The van der Waals surface area contributed by atoms with E-state index in [0.29, 0.717) is 5.82 Å². The second-order valence-corrected chi connectivity index (χ2v) is 8.04. The van der Waals surface area contributed by atoms with Crippen molar-refractivity contribution in [2.75, 3.05) is 5.73 Å². The average Bonchev–Trinajstić information content (AvgIpc) is 3.31. The number of fused-ring (bicyclic) bond motifs is 2. The lowest BCUT2D eigenvalue weighted by atomic mass is 10.1. The zero-order chi connectivity index (χ0) is 20.8. The van der Waals surface area contributed by atoms with Crippen LogP contribution < -0.4 is 10.5 Å². The van der Waals surface area contributed by atoms with Crippen LogP contribution in [0.4, 0.5) is 5.82 Å². The smallest absolute Gasteiger partial charge is 0.146 e. The summed E-state index contributed by atoms with van der Waals surface area (Å²) in [6.45, 7) is 4.24. The minimum atomic E-state index is -0.349. The highest BCUT2D eigenvalue weighted by Crippen LogP contribution is 2.37. The number of aromatic nitrogens is 3. The first-order chi connectivity index (χ1) is 14.5. The Hall–Kier alpha value is -3.38. The number of nitrogens with zero attached hydrogens (tertiary/aromatic N) is 3. The van der Waals surface area contributed by atoms with E-state index in [1.54, 1.807) is 0 Å². The van der Waals surface area contributed by atoms with Crippen molar-refractivity contribution in [3.63, 3.8) is 0 Å². The molecule has 1 atom stereocenters. The van der Waals surface area contributed by atoms with Gasteiger partial charge in [-0.15, -0.1) is 0 Å². The fourth-order valence-corrected chi connectivity index (χ4v) is 4.19. The molecule has 2 aromatic carbocycles. The summed E-state index contributed by atoms with van der Waals surface area (Å²) < 4.78 is 8.17. The standard InChI is InChI=1S/C24H24N4O2/c1-14(2)28-12-20(22-23(25)26-13-27-24(22)28)15-3-6-17(7-4-15)30-18-8-9-19-16(11-18)5-10-21(19)29/h3-4,6-9,11-14,21,29H,5,10H2,1-2H3,(H2,25,26,27). The molecule has 2 heterocycles. The molecule has 30 heavy (non-hydrogen) atoms. The summed E-state index contributed by atoms with van der Waals surface area (Å²) in [5, 5.41) is 10.8. The highest BCUT2D eigenvalue weighted by molar-refractivity contribution is 6.00. The van der Waals surface area contributed by atoms with Gasteiger partial charge in [-0.05, 0) is 67.6 Å². The van der Waals surface area contributed by atoms with Gasteiger partial charge in [-0.3, -0.25) is 0 Å². The quantitative estimate of drug-likeness (QED) is 0.502. The average molecular weight is 400 g/mol. The number of ether oxygens (including phenoxy) is 1. The van der Waals surface area contributed by atoms with Crippen molar-refractivity contribution in [2.45, 2.75) is 38.8 Å². The van der Waals surface area contributed by atoms with Gasteiger partial charge in [0.25, 0.3) is 0 Å². The van der Waals surface area contributed by atoms with Crippen molar-refractivity contribution >= 4 is 16.9 Å². The third kappa shape index (κ3) is 3.09. The molecule has 0 aliphatic heterocycles. The van der Waals surface area contributed by atoms with Crippen molar-refractivity contribution in [1.82, 2.24) is 14.5 Å². The number of hydrogen-bond donors (Lipinski definition) is 2. The molecule has 2 aromatic heterocycles. The first-order valence-corrected chi connectivity index (χ1v) is 10.2. The van der Waals surface area contributed by atoms with Crippen LogP contribution in [0.15, 0.2) is 55.0 Å². The lowest BCUT2D eigenvalue weighted by Gasteiger charge is -2.09. The van der Waals surface area contributed by atoms with Gasteiger partial charge < -0.3 is 20.1 Å². The summed E-state index contributed by atoms with van der Waals surface area (Å²) in [7, 11) is 0. The van der Waals surface area contributed by atoms with Crippen LogP contribution in [-0.2, 0) is 6.42 Å². The molecular formula is C24H24N4O2. The Balaban J connectivity index is 1.46. The molecule has 0 saturated carbocycles. The Labute approximate surface area is 175 Å². The monoisotopic (exact) mass is 400 g/mol. The van der Waals surface area contributed by atoms with Gasteiger partial charge in [-0.2, -0.15) is 0 Å². The highest BCUT2D eigenvalue weighted by Gasteiger charge is 2.20. The summed E-state index contributed by atoms with van der Waals surface area (Å²) in [4.78, 5) is 8.63. The van der Waals surface area contributed by atoms with Crippen LogP contribution in [0.2, 0.25) is 0 Å². The normalized spacial score (nSPS) is 15.7. The number of aliphatic hydroxyl groups is 1. The van der Waals surface area contributed by atoms with Crippen LogP contribution in [0.25, 0.3) is 22.2 Å². The zero-order valence-corrected chi connectivity index (χ0v) is 17.0. The van der Waals surface area contributed by atoms with Crippen molar-refractivity contribution in [1.29, 1.82) is 0 Å².